The first-order chi connectivity index (χ1) is 6.84. The van der Waals surface area contributed by atoms with Crippen molar-refractivity contribution in [3.8, 4) is 0 Å². The predicted octanol–water partition coefficient (Wildman–Crippen LogP) is 1.53. The van der Waals surface area contributed by atoms with Crippen molar-refractivity contribution in [2.75, 3.05) is 25.1 Å². The quantitative estimate of drug-likeness (QED) is 0.697. The van der Waals surface area contributed by atoms with Crippen LogP contribution in [0.25, 0.3) is 0 Å². The number of nitrogens with one attached hydrogen (secondary N) is 1. The lowest BCUT2D eigenvalue weighted by Gasteiger charge is -2.06. The Labute approximate surface area is 90.3 Å². The molecule has 0 saturated carbocycles. The Balaban J connectivity index is 2.02. The van der Waals surface area contributed by atoms with Crippen molar-refractivity contribution in [1.82, 2.24) is 14.9 Å². The van der Waals surface area contributed by atoms with Crippen LogP contribution in [0.1, 0.15) is 12.2 Å². The van der Waals surface area contributed by atoms with Gasteiger partial charge < -0.3 is 9.88 Å². The predicted molar refractivity (Wildman–Crippen MR) is 62.8 cm³/mol. The molecule has 0 aliphatic carbocycles. The second-order valence-electron chi connectivity index (χ2n) is 3.26. The van der Waals surface area contributed by atoms with E-state index in [0.717, 1.165) is 25.5 Å². The Bertz CT molecular complexity index is 247. The molecule has 1 aromatic rings. The molecule has 0 fully saturated rings. The summed E-state index contributed by atoms with van der Waals surface area (Å²) in [5.74, 6) is 2.34. The molecule has 1 rings (SSSR count). The minimum absolute atomic E-state index is 1.02. The molecule has 0 bridgehead atoms. The van der Waals surface area contributed by atoms with Crippen LogP contribution >= 0.6 is 11.8 Å². The molecule has 0 spiro atoms. The molecule has 1 N–H and O–H groups in total. The van der Waals surface area contributed by atoms with Crippen molar-refractivity contribution < 1.29 is 0 Å². The van der Waals surface area contributed by atoms with Gasteiger partial charge in [0.05, 0.1) is 0 Å². The van der Waals surface area contributed by atoms with E-state index in [9.17, 15) is 0 Å². The fraction of sp³-hybridized carbons (Fsp3) is 0.700. The molecular weight excluding hydrogens is 194 g/mol. The molecule has 0 aliphatic rings. The van der Waals surface area contributed by atoms with E-state index >= 15 is 0 Å². The Morgan fingerprint density at radius 1 is 1.50 bits per heavy atom. The number of rotatable bonds is 7. The van der Waals surface area contributed by atoms with Crippen molar-refractivity contribution in [3.05, 3.63) is 18.2 Å². The average molecular weight is 213 g/mol. The number of hydrogen-bond donors (Lipinski definition) is 1. The summed E-state index contributed by atoms with van der Waals surface area (Å²) >= 11 is 1.90. The molecule has 14 heavy (non-hydrogen) atoms. The van der Waals surface area contributed by atoms with E-state index in [1.54, 1.807) is 0 Å². The van der Waals surface area contributed by atoms with Gasteiger partial charge in [0.15, 0.2) is 0 Å². The molecule has 0 aromatic carbocycles. The van der Waals surface area contributed by atoms with Gasteiger partial charge in [-0.2, -0.15) is 11.8 Å². The molecule has 0 atom stereocenters. The zero-order valence-corrected chi connectivity index (χ0v) is 9.81. The fourth-order valence-electron chi connectivity index (χ4n) is 1.31. The maximum Gasteiger partial charge on any atom is 0.105 e. The first-order valence-corrected chi connectivity index (χ1v) is 6.41. The minimum atomic E-state index is 1.02. The van der Waals surface area contributed by atoms with Crippen LogP contribution in [0.2, 0.25) is 0 Å². The average Bonchev–Trinajstić information content (AvgIpc) is 2.58. The summed E-state index contributed by atoms with van der Waals surface area (Å²) in [6, 6.07) is 0. The SMILES string of the molecule is CSCCCNCCn1ccnc1C. The van der Waals surface area contributed by atoms with Gasteiger partial charge in [-0.05, 0) is 31.9 Å². The van der Waals surface area contributed by atoms with Gasteiger partial charge in [0.25, 0.3) is 0 Å². The van der Waals surface area contributed by atoms with Gasteiger partial charge in [0, 0.05) is 25.5 Å². The molecule has 4 heteroatoms. The van der Waals surface area contributed by atoms with Crippen LogP contribution < -0.4 is 5.32 Å². The van der Waals surface area contributed by atoms with E-state index in [0.29, 0.717) is 0 Å². The number of nitrogens with zero attached hydrogens (tertiary/aromatic N) is 2. The molecule has 0 unspecified atom stereocenters. The van der Waals surface area contributed by atoms with Crippen LogP contribution in [-0.2, 0) is 6.54 Å². The van der Waals surface area contributed by atoms with Gasteiger partial charge in [-0.15, -0.1) is 0 Å². The molecule has 0 aliphatic heterocycles. The fourth-order valence-corrected chi connectivity index (χ4v) is 1.74. The number of imidazole rings is 1. The van der Waals surface area contributed by atoms with Gasteiger partial charge >= 0.3 is 0 Å². The Hall–Kier alpha value is -0.480. The highest BCUT2D eigenvalue weighted by Crippen LogP contribution is 1.95. The van der Waals surface area contributed by atoms with E-state index < -0.39 is 0 Å². The normalized spacial score (nSPS) is 10.7. The highest BCUT2D eigenvalue weighted by atomic mass is 32.2. The van der Waals surface area contributed by atoms with E-state index in [2.05, 4.69) is 21.1 Å². The van der Waals surface area contributed by atoms with E-state index in [4.69, 9.17) is 0 Å². The van der Waals surface area contributed by atoms with Crippen molar-refractivity contribution >= 4 is 11.8 Å². The van der Waals surface area contributed by atoms with Crippen LogP contribution in [0.3, 0.4) is 0 Å². The lowest BCUT2D eigenvalue weighted by atomic mass is 10.4. The molecule has 1 heterocycles. The Kier molecular flexibility index (Phi) is 5.71. The van der Waals surface area contributed by atoms with Crippen LogP contribution in [0.4, 0.5) is 0 Å². The van der Waals surface area contributed by atoms with Gasteiger partial charge in [0.2, 0.25) is 0 Å². The first-order valence-electron chi connectivity index (χ1n) is 5.02. The molecular formula is C10H19N3S. The Morgan fingerprint density at radius 3 is 3.00 bits per heavy atom. The van der Waals surface area contributed by atoms with Gasteiger partial charge in [-0.1, -0.05) is 0 Å². The van der Waals surface area contributed by atoms with Crippen molar-refractivity contribution in [3.63, 3.8) is 0 Å². The van der Waals surface area contributed by atoms with E-state index in [-0.39, 0.29) is 0 Å². The maximum absolute atomic E-state index is 4.18. The van der Waals surface area contributed by atoms with Crippen molar-refractivity contribution in [1.29, 1.82) is 0 Å². The standard InChI is InChI=1S/C10H19N3S/c1-10-12-6-8-13(10)7-5-11-4-3-9-14-2/h6,8,11H,3-5,7,9H2,1-2H3. The first kappa shape index (κ1) is 11.6. The third-order valence-electron chi connectivity index (χ3n) is 2.16. The molecule has 0 amide bonds. The topological polar surface area (TPSA) is 29.9 Å². The Morgan fingerprint density at radius 2 is 2.36 bits per heavy atom. The summed E-state index contributed by atoms with van der Waals surface area (Å²) in [6.07, 6.45) is 7.28. The maximum atomic E-state index is 4.18. The third-order valence-corrected chi connectivity index (χ3v) is 2.85. The van der Waals surface area contributed by atoms with Crippen LogP contribution in [0.15, 0.2) is 12.4 Å². The highest BCUT2D eigenvalue weighted by molar-refractivity contribution is 7.98. The second kappa shape index (κ2) is 6.90. The largest absolute Gasteiger partial charge is 0.334 e. The van der Waals surface area contributed by atoms with Gasteiger partial charge in [0.1, 0.15) is 5.82 Å². The number of aryl methyl sites for hydroxylation is 1. The zero-order valence-electron chi connectivity index (χ0n) is 8.99. The monoisotopic (exact) mass is 213 g/mol. The number of aromatic nitrogens is 2. The molecule has 3 nitrogen and oxygen atoms in total. The summed E-state index contributed by atoms with van der Waals surface area (Å²) in [6.45, 7) is 5.21. The van der Waals surface area contributed by atoms with E-state index in [1.165, 1.54) is 12.2 Å². The van der Waals surface area contributed by atoms with Crippen LogP contribution in [0.5, 0.6) is 0 Å². The molecule has 0 saturated heterocycles. The van der Waals surface area contributed by atoms with Crippen molar-refractivity contribution in [2.45, 2.75) is 19.9 Å². The smallest absolute Gasteiger partial charge is 0.105 e. The van der Waals surface area contributed by atoms with Gasteiger partial charge in [-0.3, -0.25) is 0 Å². The van der Waals surface area contributed by atoms with E-state index in [1.807, 2.05) is 31.1 Å². The summed E-state index contributed by atoms with van der Waals surface area (Å²) < 4.78 is 2.17. The lowest BCUT2D eigenvalue weighted by molar-refractivity contribution is 0.586. The van der Waals surface area contributed by atoms with Crippen LogP contribution in [0, 0.1) is 6.92 Å². The molecule has 0 radical (unpaired) electrons. The summed E-state index contributed by atoms with van der Waals surface area (Å²) in [7, 11) is 0. The number of thioether (sulfide) groups is 1. The zero-order chi connectivity index (χ0) is 10.2. The third kappa shape index (κ3) is 4.15. The lowest BCUT2D eigenvalue weighted by Crippen LogP contribution is -2.21. The summed E-state index contributed by atoms with van der Waals surface area (Å²) in [5.41, 5.74) is 0. The van der Waals surface area contributed by atoms with Gasteiger partial charge in [-0.25, -0.2) is 4.98 Å². The highest BCUT2D eigenvalue weighted by Gasteiger charge is 1.94. The summed E-state index contributed by atoms with van der Waals surface area (Å²) in [5, 5.41) is 3.42. The summed E-state index contributed by atoms with van der Waals surface area (Å²) in [4.78, 5) is 4.18. The van der Waals surface area contributed by atoms with Crippen LogP contribution in [-0.4, -0.2) is 34.6 Å². The molecule has 1 aromatic heterocycles. The van der Waals surface area contributed by atoms with Crippen molar-refractivity contribution in [2.24, 2.45) is 0 Å². The second-order valence-corrected chi connectivity index (χ2v) is 4.25. The number of hydrogen-bond acceptors (Lipinski definition) is 3. The molecule has 80 valence electrons. The minimum Gasteiger partial charge on any atom is -0.334 e.